The molecule has 1 aromatic heterocycles. The molecule has 0 aromatic carbocycles. The zero-order valence-electron chi connectivity index (χ0n) is 13.1. The molecule has 1 heterocycles. The second kappa shape index (κ2) is 7.66. The average Bonchev–Trinajstić information content (AvgIpc) is 3.20. The van der Waals surface area contributed by atoms with Crippen LogP contribution in [0.15, 0.2) is 0 Å². The molecule has 1 fully saturated rings. The zero-order valence-corrected chi connectivity index (χ0v) is 14.7. The monoisotopic (exact) mass is 313 g/mol. The molecule has 0 spiro atoms. The summed E-state index contributed by atoms with van der Waals surface area (Å²) in [5, 5.41) is 4.80. The van der Waals surface area contributed by atoms with Crippen LogP contribution in [0.1, 0.15) is 43.7 Å². The first-order chi connectivity index (χ1) is 9.65. The Hall–Kier alpha value is -0.260. The van der Waals surface area contributed by atoms with Gasteiger partial charge in [0, 0.05) is 30.6 Å². The van der Waals surface area contributed by atoms with E-state index in [1.807, 2.05) is 23.1 Å². The van der Waals surface area contributed by atoms with Crippen molar-refractivity contribution in [3.05, 3.63) is 10.6 Å². The molecule has 1 aliphatic rings. The van der Waals surface area contributed by atoms with Crippen LogP contribution in [0.5, 0.6) is 0 Å². The van der Waals surface area contributed by atoms with E-state index in [-0.39, 0.29) is 0 Å². The summed E-state index contributed by atoms with van der Waals surface area (Å²) in [6.45, 7) is 5.50. The van der Waals surface area contributed by atoms with E-state index < -0.39 is 0 Å². The Labute approximate surface area is 131 Å². The molecular formula is C15H27N3S2. The van der Waals surface area contributed by atoms with Crippen LogP contribution in [0.25, 0.3) is 0 Å². The molecule has 5 heteroatoms. The first-order valence-electron chi connectivity index (χ1n) is 7.59. The topological polar surface area (TPSA) is 28.2 Å². The van der Waals surface area contributed by atoms with Gasteiger partial charge in [0.25, 0.3) is 0 Å². The van der Waals surface area contributed by atoms with E-state index in [0.29, 0.717) is 6.04 Å². The molecule has 2 rings (SSSR count). The molecule has 1 N–H and O–H groups in total. The number of aryl methyl sites for hydroxylation is 1. The second-order valence-corrected chi connectivity index (χ2v) is 7.66. The van der Waals surface area contributed by atoms with Crippen molar-refractivity contribution >= 4 is 28.2 Å². The molecule has 0 saturated heterocycles. The molecule has 0 aliphatic heterocycles. The van der Waals surface area contributed by atoms with Crippen molar-refractivity contribution in [2.75, 3.05) is 24.0 Å². The highest BCUT2D eigenvalue weighted by atomic mass is 32.2. The zero-order chi connectivity index (χ0) is 14.5. The van der Waals surface area contributed by atoms with E-state index in [2.05, 4.69) is 37.4 Å². The van der Waals surface area contributed by atoms with E-state index in [4.69, 9.17) is 4.98 Å². The Bertz CT molecular complexity index is 415. The minimum absolute atomic E-state index is 0.558. The molecule has 20 heavy (non-hydrogen) atoms. The lowest BCUT2D eigenvalue weighted by Crippen LogP contribution is -2.29. The smallest absolute Gasteiger partial charge is 0.185 e. The van der Waals surface area contributed by atoms with Crippen LogP contribution in [0.4, 0.5) is 5.13 Å². The predicted octanol–water partition coefficient (Wildman–Crippen LogP) is 3.54. The molecule has 0 radical (unpaired) electrons. The fraction of sp³-hybridized carbons (Fsp3) is 0.800. The van der Waals surface area contributed by atoms with E-state index in [0.717, 1.165) is 19.0 Å². The van der Waals surface area contributed by atoms with Gasteiger partial charge in [-0.1, -0.05) is 6.92 Å². The molecule has 1 aromatic rings. The summed E-state index contributed by atoms with van der Waals surface area (Å²) in [5.41, 5.74) is 1.28. The van der Waals surface area contributed by atoms with Crippen molar-refractivity contribution in [3.8, 4) is 0 Å². The van der Waals surface area contributed by atoms with Crippen molar-refractivity contribution in [3.63, 3.8) is 0 Å². The van der Waals surface area contributed by atoms with Gasteiger partial charge in [-0.2, -0.15) is 11.8 Å². The maximum absolute atomic E-state index is 4.85. The Balaban J connectivity index is 1.98. The quantitative estimate of drug-likeness (QED) is 0.755. The predicted molar refractivity (Wildman–Crippen MR) is 92.2 cm³/mol. The van der Waals surface area contributed by atoms with Gasteiger partial charge in [-0.05, 0) is 44.6 Å². The summed E-state index contributed by atoms with van der Waals surface area (Å²) in [7, 11) is 2.18. The summed E-state index contributed by atoms with van der Waals surface area (Å²) < 4.78 is 0. The Morgan fingerprint density at radius 2 is 2.25 bits per heavy atom. The number of thioether (sulfide) groups is 1. The van der Waals surface area contributed by atoms with Gasteiger partial charge in [0.2, 0.25) is 0 Å². The second-order valence-electron chi connectivity index (χ2n) is 5.62. The number of aromatic nitrogens is 1. The number of hydrogen-bond donors (Lipinski definition) is 1. The van der Waals surface area contributed by atoms with Gasteiger partial charge in [-0.25, -0.2) is 4.98 Å². The highest BCUT2D eigenvalue weighted by molar-refractivity contribution is 7.98. The average molecular weight is 314 g/mol. The Morgan fingerprint density at radius 1 is 1.50 bits per heavy atom. The number of anilines is 1. The first kappa shape index (κ1) is 16.1. The van der Waals surface area contributed by atoms with Gasteiger partial charge in [0.15, 0.2) is 5.13 Å². The van der Waals surface area contributed by atoms with Crippen LogP contribution < -0.4 is 10.2 Å². The van der Waals surface area contributed by atoms with Crippen LogP contribution >= 0.6 is 23.1 Å². The van der Waals surface area contributed by atoms with Crippen molar-refractivity contribution < 1.29 is 0 Å². The lowest BCUT2D eigenvalue weighted by molar-refractivity contribution is 0.666. The summed E-state index contributed by atoms with van der Waals surface area (Å²) in [5.74, 6) is 1.22. The summed E-state index contributed by atoms with van der Waals surface area (Å²) in [4.78, 5) is 8.63. The maximum Gasteiger partial charge on any atom is 0.185 e. The third-order valence-electron chi connectivity index (χ3n) is 3.93. The number of rotatable bonds is 9. The Kier molecular flexibility index (Phi) is 6.18. The highest BCUT2D eigenvalue weighted by Crippen LogP contribution is 2.29. The standard InChI is InChI=1S/C15H27N3S2/c1-5-13-14(10-16-12-6-7-12)20-15(17-13)18(3)11(2)8-9-19-4/h11-12,16H,5-10H2,1-4H3. The molecule has 1 atom stereocenters. The number of nitrogens with one attached hydrogen (secondary N) is 1. The van der Waals surface area contributed by atoms with Crippen LogP contribution in [0.3, 0.4) is 0 Å². The van der Waals surface area contributed by atoms with Crippen molar-refractivity contribution in [1.29, 1.82) is 0 Å². The summed E-state index contributed by atoms with van der Waals surface area (Å²) >= 11 is 3.79. The van der Waals surface area contributed by atoms with Crippen LogP contribution in [-0.4, -0.2) is 36.1 Å². The third kappa shape index (κ3) is 4.37. The van der Waals surface area contributed by atoms with Crippen molar-refractivity contribution in [2.24, 2.45) is 0 Å². The van der Waals surface area contributed by atoms with Crippen LogP contribution in [-0.2, 0) is 13.0 Å². The minimum atomic E-state index is 0.558. The first-order valence-corrected chi connectivity index (χ1v) is 9.80. The molecule has 3 nitrogen and oxygen atoms in total. The summed E-state index contributed by atoms with van der Waals surface area (Å²) in [6.07, 6.45) is 7.12. The maximum atomic E-state index is 4.85. The van der Waals surface area contributed by atoms with E-state index in [1.54, 1.807) is 0 Å². The minimum Gasteiger partial charge on any atom is -0.348 e. The molecule has 1 unspecified atom stereocenters. The summed E-state index contributed by atoms with van der Waals surface area (Å²) in [6, 6.07) is 1.33. The third-order valence-corrected chi connectivity index (χ3v) is 5.77. The van der Waals surface area contributed by atoms with Gasteiger partial charge in [-0.15, -0.1) is 11.3 Å². The van der Waals surface area contributed by atoms with E-state index >= 15 is 0 Å². The van der Waals surface area contributed by atoms with Gasteiger partial charge >= 0.3 is 0 Å². The molecule has 1 saturated carbocycles. The van der Waals surface area contributed by atoms with Gasteiger partial charge in [-0.3, -0.25) is 0 Å². The van der Waals surface area contributed by atoms with Gasteiger partial charge in [0.1, 0.15) is 0 Å². The van der Waals surface area contributed by atoms with Gasteiger partial charge < -0.3 is 10.2 Å². The Morgan fingerprint density at radius 3 is 2.85 bits per heavy atom. The number of nitrogens with zero attached hydrogens (tertiary/aromatic N) is 2. The van der Waals surface area contributed by atoms with Crippen molar-refractivity contribution in [2.45, 2.75) is 58.2 Å². The molecule has 0 bridgehead atoms. The largest absolute Gasteiger partial charge is 0.348 e. The van der Waals surface area contributed by atoms with E-state index in [9.17, 15) is 0 Å². The van der Waals surface area contributed by atoms with Crippen LogP contribution in [0.2, 0.25) is 0 Å². The molecule has 114 valence electrons. The number of thiazole rings is 1. The van der Waals surface area contributed by atoms with Crippen LogP contribution in [0, 0.1) is 0 Å². The lowest BCUT2D eigenvalue weighted by atomic mass is 10.2. The molecular weight excluding hydrogens is 286 g/mol. The van der Waals surface area contributed by atoms with Crippen molar-refractivity contribution in [1.82, 2.24) is 10.3 Å². The highest BCUT2D eigenvalue weighted by Gasteiger charge is 2.22. The SMILES string of the molecule is CCc1nc(N(C)C(C)CCSC)sc1CNC1CC1. The fourth-order valence-electron chi connectivity index (χ4n) is 2.13. The normalized spacial score (nSPS) is 16.4. The number of hydrogen-bond acceptors (Lipinski definition) is 5. The van der Waals surface area contributed by atoms with E-state index in [1.165, 1.54) is 40.7 Å². The molecule has 1 aliphatic carbocycles. The van der Waals surface area contributed by atoms with Gasteiger partial charge in [0.05, 0.1) is 5.69 Å². The fourth-order valence-corrected chi connectivity index (χ4v) is 3.87. The lowest BCUT2D eigenvalue weighted by Gasteiger charge is -2.23. The molecule has 0 amide bonds.